The summed E-state index contributed by atoms with van der Waals surface area (Å²) < 4.78 is 3.90. The van der Waals surface area contributed by atoms with E-state index in [0.717, 1.165) is 29.8 Å². The van der Waals surface area contributed by atoms with Crippen LogP contribution in [0.5, 0.6) is 0 Å². The van der Waals surface area contributed by atoms with Gasteiger partial charge in [-0.3, -0.25) is 4.68 Å². The second-order valence-corrected chi connectivity index (χ2v) is 8.21. The van der Waals surface area contributed by atoms with Crippen LogP contribution in [0.2, 0.25) is 0 Å². The maximum atomic E-state index is 4.89. The van der Waals surface area contributed by atoms with E-state index >= 15 is 0 Å². The highest BCUT2D eigenvalue weighted by atomic mass is 15.3. The lowest BCUT2D eigenvalue weighted by Crippen LogP contribution is -2.43. The minimum atomic E-state index is 0.398. The van der Waals surface area contributed by atoms with Crippen molar-refractivity contribution in [3.8, 4) is 0 Å². The van der Waals surface area contributed by atoms with Crippen LogP contribution in [0.25, 0.3) is 0 Å². The van der Waals surface area contributed by atoms with Crippen LogP contribution in [-0.4, -0.2) is 48.5 Å². The van der Waals surface area contributed by atoms with E-state index in [1.807, 2.05) is 30.3 Å². The van der Waals surface area contributed by atoms with Crippen molar-refractivity contribution in [2.24, 2.45) is 19.1 Å². The van der Waals surface area contributed by atoms with Gasteiger partial charge < -0.3 is 14.8 Å². The molecule has 0 radical (unpaired) electrons. The lowest BCUT2D eigenvalue weighted by Gasteiger charge is -2.25. The lowest BCUT2D eigenvalue weighted by molar-refractivity contribution is 0.454. The zero-order valence-electron chi connectivity index (χ0n) is 18.1. The van der Waals surface area contributed by atoms with Crippen LogP contribution >= 0.6 is 0 Å². The van der Waals surface area contributed by atoms with Crippen molar-refractivity contribution in [1.82, 2.24) is 34.8 Å². The fourth-order valence-electron chi connectivity index (χ4n) is 3.76. The zero-order chi connectivity index (χ0) is 20.3. The summed E-state index contributed by atoms with van der Waals surface area (Å²) in [5, 5.41) is 16.7. The topological polar surface area (TPSA) is 76.2 Å². The number of nitrogens with zero attached hydrogens (tertiary/aromatic N) is 7. The molecular weight excluding hydrogens is 352 g/mol. The van der Waals surface area contributed by atoms with Crippen molar-refractivity contribution in [3.63, 3.8) is 0 Å². The molecule has 2 aromatic rings. The highest BCUT2D eigenvalue weighted by molar-refractivity contribution is 5.80. The van der Waals surface area contributed by atoms with Crippen LogP contribution in [0, 0.1) is 6.92 Å². The number of hydrogen-bond donors (Lipinski definition) is 1. The van der Waals surface area contributed by atoms with E-state index in [1.165, 1.54) is 31.2 Å². The van der Waals surface area contributed by atoms with E-state index in [0.29, 0.717) is 18.5 Å². The monoisotopic (exact) mass is 386 g/mol. The Kier molecular flexibility index (Phi) is 6.36. The Morgan fingerprint density at radius 3 is 2.61 bits per heavy atom. The van der Waals surface area contributed by atoms with Crippen molar-refractivity contribution in [2.45, 2.75) is 71.5 Å². The Morgan fingerprint density at radius 1 is 1.29 bits per heavy atom. The van der Waals surface area contributed by atoms with Gasteiger partial charge in [-0.25, -0.2) is 4.99 Å². The second-order valence-electron chi connectivity index (χ2n) is 8.21. The first-order valence-corrected chi connectivity index (χ1v) is 10.2. The molecule has 0 atom stereocenters. The van der Waals surface area contributed by atoms with Gasteiger partial charge in [0.25, 0.3) is 0 Å². The molecule has 2 heterocycles. The van der Waals surface area contributed by atoms with Gasteiger partial charge in [0.1, 0.15) is 12.4 Å². The molecule has 1 aliphatic rings. The fourth-order valence-corrected chi connectivity index (χ4v) is 3.76. The van der Waals surface area contributed by atoms with Gasteiger partial charge >= 0.3 is 0 Å². The molecule has 8 heteroatoms. The molecule has 0 bridgehead atoms. The molecule has 1 aliphatic carbocycles. The van der Waals surface area contributed by atoms with Gasteiger partial charge in [0.05, 0.1) is 5.69 Å². The van der Waals surface area contributed by atoms with Crippen LogP contribution < -0.4 is 5.32 Å². The third kappa shape index (κ3) is 4.72. The maximum Gasteiger partial charge on any atom is 0.194 e. The summed E-state index contributed by atoms with van der Waals surface area (Å²) in [6.45, 7) is 7.63. The molecule has 1 N–H and O–H groups in total. The van der Waals surface area contributed by atoms with Crippen LogP contribution in [0.4, 0.5) is 0 Å². The minimum Gasteiger partial charge on any atom is -0.353 e. The van der Waals surface area contributed by atoms with Crippen molar-refractivity contribution in [1.29, 1.82) is 0 Å². The van der Waals surface area contributed by atoms with Gasteiger partial charge in [0, 0.05) is 45.5 Å². The van der Waals surface area contributed by atoms with Crippen molar-refractivity contribution in [2.75, 3.05) is 7.05 Å². The van der Waals surface area contributed by atoms with Crippen molar-refractivity contribution < 1.29 is 0 Å². The first-order chi connectivity index (χ1) is 13.3. The van der Waals surface area contributed by atoms with E-state index in [-0.39, 0.29) is 0 Å². The zero-order valence-corrected chi connectivity index (χ0v) is 18.1. The van der Waals surface area contributed by atoms with Crippen molar-refractivity contribution >= 4 is 5.96 Å². The highest BCUT2D eigenvalue weighted by Crippen LogP contribution is 2.20. The summed E-state index contributed by atoms with van der Waals surface area (Å²) in [6, 6.07) is 0.501. The minimum absolute atomic E-state index is 0.398. The summed E-state index contributed by atoms with van der Waals surface area (Å²) in [4.78, 5) is 7.09. The Balaban J connectivity index is 1.79. The van der Waals surface area contributed by atoms with Crippen LogP contribution in [-0.2, 0) is 27.2 Å². The Bertz CT molecular complexity index is 810. The highest BCUT2D eigenvalue weighted by Gasteiger charge is 2.20. The maximum absolute atomic E-state index is 4.89. The molecule has 0 spiro atoms. The number of aliphatic imine (C=N–C) groups is 1. The Morgan fingerprint density at radius 2 is 2.00 bits per heavy atom. The predicted octanol–water partition coefficient (Wildman–Crippen LogP) is 2.50. The third-order valence-corrected chi connectivity index (χ3v) is 5.49. The predicted molar refractivity (Wildman–Crippen MR) is 111 cm³/mol. The molecule has 8 nitrogen and oxygen atoms in total. The average molecular weight is 387 g/mol. The molecule has 1 fully saturated rings. The Labute approximate surface area is 168 Å². The molecule has 0 amide bonds. The number of aryl methyl sites for hydroxylation is 2. The number of nitrogens with one attached hydrogen (secondary N) is 1. The molecule has 28 heavy (non-hydrogen) atoms. The SMILES string of the molecule is Cc1nnc(CN=C(NC2CCCC2)N(C)Cc2cn(C)nc2C(C)C)n1C. The summed E-state index contributed by atoms with van der Waals surface area (Å²) in [5.74, 6) is 3.10. The first-order valence-electron chi connectivity index (χ1n) is 10.2. The number of hydrogen-bond acceptors (Lipinski definition) is 4. The number of guanidine groups is 1. The van der Waals surface area contributed by atoms with Gasteiger partial charge in [0.15, 0.2) is 11.8 Å². The van der Waals surface area contributed by atoms with E-state index in [4.69, 9.17) is 4.99 Å². The van der Waals surface area contributed by atoms with E-state index in [2.05, 4.69) is 52.6 Å². The van der Waals surface area contributed by atoms with E-state index in [9.17, 15) is 0 Å². The summed E-state index contributed by atoms with van der Waals surface area (Å²) in [5.41, 5.74) is 2.40. The summed E-state index contributed by atoms with van der Waals surface area (Å²) >= 11 is 0. The summed E-state index contributed by atoms with van der Waals surface area (Å²) in [7, 11) is 6.07. The fraction of sp³-hybridized carbons (Fsp3) is 0.700. The van der Waals surface area contributed by atoms with E-state index < -0.39 is 0 Å². The largest absolute Gasteiger partial charge is 0.353 e. The Hall–Kier alpha value is -2.38. The summed E-state index contributed by atoms with van der Waals surface area (Å²) in [6.07, 6.45) is 7.11. The normalized spacial score (nSPS) is 15.6. The molecule has 154 valence electrons. The smallest absolute Gasteiger partial charge is 0.194 e. The second kappa shape index (κ2) is 8.75. The molecule has 0 aliphatic heterocycles. The number of rotatable bonds is 6. The van der Waals surface area contributed by atoms with Crippen LogP contribution in [0.1, 0.15) is 68.4 Å². The quantitative estimate of drug-likeness (QED) is 0.610. The molecule has 1 saturated carbocycles. The average Bonchev–Trinajstić information content (AvgIpc) is 3.35. The molecule has 0 aromatic carbocycles. The molecule has 2 aromatic heterocycles. The van der Waals surface area contributed by atoms with Crippen LogP contribution in [0.3, 0.4) is 0 Å². The third-order valence-electron chi connectivity index (χ3n) is 5.49. The van der Waals surface area contributed by atoms with Gasteiger partial charge in [-0.1, -0.05) is 26.7 Å². The molecule has 0 unspecified atom stereocenters. The molecule has 3 rings (SSSR count). The lowest BCUT2D eigenvalue weighted by atomic mass is 10.1. The van der Waals surface area contributed by atoms with Gasteiger partial charge in [-0.05, 0) is 25.7 Å². The van der Waals surface area contributed by atoms with Crippen molar-refractivity contribution in [3.05, 3.63) is 29.1 Å². The van der Waals surface area contributed by atoms with Crippen LogP contribution in [0.15, 0.2) is 11.2 Å². The van der Waals surface area contributed by atoms with Gasteiger partial charge in [-0.15, -0.1) is 10.2 Å². The molecular formula is C20H34N8. The first kappa shape index (κ1) is 20.4. The van der Waals surface area contributed by atoms with Gasteiger partial charge in [-0.2, -0.15) is 5.10 Å². The van der Waals surface area contributed by atoms with Gasteiger partial charge in [0.2, 0.25) is 0 Å². The molecule has 0 saturated heterocycles. The number of aromatic nitrogens is 5. The van der Waals surface area contributed by atoms with E-state index in [1.54, 1.807) is 0 Å². The standard InChI is InChI=1S/C20H34N8/c1-14(2)19-16(13-27(5)25-19)12-26(4)20(22-17-9-7-8-10-17)21-11-18-24-23-15(3)28(18)6/h13-14,17H,7-12H2,1-6H3,(H,21,22).